The smallest absolute Gasteiger partial charge is 0.321 e. The molecule has 0 radical (unpaired) electrons. The molecule has 1 aliphatic heterocycles. The van der Waals surface area contributed by atoms with Gasteiger partial charge >= 0.3 is 6.18 Å². The third kappa shape index (κ3) is 3.01. The predicted molar refractivity (Wildman–Crippen MR) is 82.0 cm³/mol. The maximum absolute atomic E-state index is 12.8. The van der Waals surface area contributed by atoms with Crippen LogP contribution in [-0.4, -0.2) is 23.1 Å². The van der Waals surface area contributed by atoms with Crippen LogP contribution in [0.25, 0.3) is 0 Å². The topological polar surface area (TPSA) is 20.3 Å². The van der Waals surface area contributed by atoms with Gasteiger partial charge in [-0.25, -0.2) is 0 Å². The van der Waals surface area contributed by atoms with Crippen LogP contribution in [0.1, 0.15) is 26.2 Å². The molecule has 22 heavy (non-hydrogen) atoms. The number of rotatable bonds is 2. The van der Waals surface area contributed by atoms with Gasteiger partial charge < -0.3 is 4.90 Å². The van der Waals surface area contributed by atoms with E-state index in [2.05, 4.69) is 0 Å². The van der Waals surface area contributed by atoms with E-state index in [0.717, 1.165) is 17.9 Å². The molecule has 1 atom stereocenters. The summed E-state index contributed by atoms with van der Waals surface area (Å²) in [5, 5.41) is 1.45. The zero-order valence-corrected chi connectivity index (χ0v) is 13.0. The third-order valence-electron chi connectivity index (χ3n) is 3.38. The summed E-state index contributed by atoms with van der Waals surface area (Å²) < 4.78 is 38.5. The van der Waals surface area contributed by atoms with Crippen molar-refractivity contribution in [3.63, 3.8) is 0 Å². The molecule has 2 aromatic rings. The number of alkyl halides is 3. The highest BCUT2D eigenvalue weighted by Gasteiger charge is 2.35. The molecule has 1 aromatic heterocycles. The maximum atomic E-state index is 12.8. The SMILES string of the molecule is O=C(c1cccs1)N1CCS[C@H]1c1cccc(C(F)(F)F)c1. The number of thioether (sulfide) groups is 1. The molecule has 1 saturated heterocycles. The first kappa shape index (κ1) is 15.4. The molecule has 2 nitrogen and oxygen atoms in total. The van der Waals surface area contributed by atoms with Gasteiger partial charge in [-0.2, -0.15) is 13.2 Å². The monoisotopic (exact) mass is 343 g/mol. The van der Waals surface area contributed by atoms with Crippen molar-refractivity contribution in [1.82, 2.24) is 4.90 Å². The van der Waals surface area contributed by atoms with Crippen LogP contribution in [0.2, 0.25) is 0 Å². The van der Waals surface area contributed by atoms with Crippen LogP contribution in [0.5, 0.6) is 0 Å². The first-order valence-electron chi connectivity index (χ1n) is 6.60. The lowest BCUT2D eigenvalue weighted by atomic mass is 10.1. The van der Waals surface area contributed by atoms with E-state index in [9.17, 15) is 18.0 Å². The van der Waals surface area contributed by atoms with Gasteiger partial charge in [0.1, 0.15) is 5.37 Å². The molecule has 1 aliphatic rings. The Labute approximate surface area is 133 Å². The van der Waals surface area contributed by atoms with E-state index in [-0.39, 0.29) is 11.3 Å². The van der Waals surface area contributed by atoms with Crippen molar-refractivity contribution < 1.29 is 18.0 Å². The standard InChI is InChI=1S/C15H12F3NOS2/c16-15(17,18)11-4-1-3-10(9-11)14-19(6-8-22-14)13(20)12-5-2-7-21-12/h1-5,7,9,14H,6,8H2/t14-/m0/s1. The van der Waals surface area contributed by atoms with Crippen LogP contribution in [-0.2, 0) is 6.18 Å². The summed E-state index contributed by atoms with van der Waals surface area (Å²) in [4.78, 5) is 14.7. The Morgan fingerprint density at radius 1 is 1.23 bits per heavy atom. The molecular weight excluding hydrogens is 331 g/mol. The molecular formula is C15H12F3NOS2. The normalized spacial score (nSPS) is 18.7. The minimum atomic E-state index is -4.37. The van der Waals surface area contributed by atoms with E-state index in [0.29, 0.717) is 17.0 Å². The van der Waals surface area contributed by atoms with E-state index in [4.69, 9.17) is 0 Å². The lowest BCUT2D eigenvalue weighted by molar-refractivity contribution is -0.137. The maximum Gasteiger partial charge on any atom is 0.416 e. The van der Waals surface area contributed by atoms with Crippen molar-refractivity contribution in [2.45, 2.75) is 11.6 Å². The fraction of sp³-hybridized carbons (Fsp3) is 0.267. The Bertz CT molecular complexity index is 670. The van der Waals surface area contributed by atoms with Gasteiger partial charge in [0, 0.05) is 12.3 Å². The molecule has 3 rings (SSSR count). The van der Waals surface area contributed by atoms with Crippen LogP contribution in [0, 0.1) is 0 Å². The zero-order chi connectivity index (χ0) is 15.7. The minimum Gasteiger partial charge on any atom is -0.321 e. The highest BCUT2D eigenvalue weighted by Crippen LogP contribution is 2.40. The number of halogens is 3. The molecule has 1 fully saturated rings. The van der Waals surface area contributed by atoms with Crippen molar-refractivity contribution in [2.24, 2.45) is 0 Å². The molecule has 0 saturated carbocycles. The number of carbonyl (C=O) groups is 1. The second kappa shape index (κ2) is 5.96. The zero-order valence-electron chi connectivity index (χ0n) is 11.3. The van der Waals surface area contributed by atoms with E-state index in [1.807, 2.05) is 5.38 Å². The molecule has 0 bridgehead atoms. The summed E-state index contributed by atoms with van der Waals surface area (Å²) in [5.41, 5.74) is -0.164. The molecule has 1 amide bonds. The van der Waals surface area contributed by atoms with Gasteiger partial charge in [-0.3, -0.25) is 4.79 Å². The third-order valence-corrected chi connectivity index (χ3v) is 5.50. The number of carbonyl (C=O) groups excluding carboxylic acids is 1. The van der Waals surface area contributed by atoms with Crippen LogP contribution in [0.3, 0.4) is 0 Å². The summed E-state index contributed by atoms with van der Waals surface area (Å²) >= 11 is 2.83. The number of nitrogens with zero attached hydrogens (tertiary/aromatic N) is 1. The summed E-state index contributed by atoms with van der Waals surface area (Å²) in [7, 11) is 0. The van der Waals surface area contributed by atoms with Crippen LogP contribution >= 0.6 is 23.1 Å². The second-order valence-electron chi connectivity index (χ2n) is 4.82. The predicted octanol–water partition coefficient (Wildman–Crippen LogP) is 4.65. The summed E-state index contributed by atoms with van der Waals surface area (Å²) in [6.45, 7) is 0.544. The van der Waals surface area contributed by atoms with Gasteiger partial charge in [-0.05, 0) is 29.1 Å². The molecule has 1 aromatic carbocycles. The molecule has 0 aliphatic carbocycles. The first-order valence-corrected chi connectivity index (χ1v) is 8.53. The van der Waals surface area contributed by atoms with E-state index in [1.165, 1.54) is 29.2 Å². The Morgan fingerprint density at radius 3 is 2.73 bits per heavy atom. The van der Waals surface area contributed by atoms with Crippen molar-refractivity contribution in [3.05, 3.63) is 57.8 Å². The minimum absolute atomic E-state index is 0.123. The summed E-state index contributed by atoms with van der Waals surface area (Å²) in [5.74, 6) is 0.597. The number of hydrogen-bond acceptors (Lipinski definition) is 3. The summed E-state index contributed by atoms with van der Waals surface area (Å²) in [6, 6.07) is 8.75. The molecule has 2 heterocycles. The Balaban J connectivity index is 1.89. The molecule has 0 N–H and O–H groups in total. The largest absolute Gasteiger partial charge is 0.416 e. The van der Waals surface area contributed by atoms with Gasteiger partial charge in [0.05, 0.1) is 10.4 Å². The fourth-order valence-electron chi connectivity index (χ4n) is 2.36. The molecule has 0 unspecified atom stereocenters. The number of hydrogen-bond donors (Lipinski definition) is 0. The Morgan fingerprint density at radius 2 is 2.05 bits per heavy atom. The molecule has 0 spiro atoms. The van der Waals surface area contributed by atoms with Gasteiger partial charge in [0.2, 0.25) is 0 Å². The fourth-order valence-corrected chi connectivity index (χ4v) is 4.29. The van der Waals surface area contributed by atoms with Crippen LogP contribution < -0.4 is 0 Å². The van der Waals surface area contributed by atoms with Crippen molar-refractivity contribution in [3.8, 4) is 0 Å². The second-order valence-corrected chi connectivity index (χ2v) is 6.96. The quantitative estimate of drug-likeness (QED) is 0.791. The Hall–Kier alpha value is -1.47. The average Bonchev–Trinajstić information content (AvgIpc) is 3.17. The lowest BCUT2D eigenvalue weighted by Crippen LogP contribution is -2.29. The van der Waals surface area contributed by atoms with Gasteiger partial charge in [-0.1, -0.05) is 18.2 Å². The van der Waals surface area contributed by atoms with Gasteiger partial charge in [0.15, 0.2) is 0 Å². The van der Waals surface area contributed by atoms with Gasteiger partial charge in [-0.15, -0.1) is 23.1 Å². The van der Waals surface area contributed by atoms with Crippen LogP contribution in [0.4, 0.5) is 13.2 Å². The summed E-state index contributed by atoms with van der Waals surface area (Å²) in [6.07, 6.45) is -4.37. The van der Waals surface area contributed by atoms with Crippen molar-refractivity contribution in [1.29, 1.82) is 0 Å². The number of amides is 1. The van der Waals surface area contributed by atoms with Gasteiger partial charge in [0.25, 0.3) is 5.91 Å². The highest BCUT2D eigenvalue weighted by molar-refractivity contribution is 7.99. The van der Waals surface area contributed by atoms with Crippen molar-refractivity contribution >= 4 is 29.0 Å². The number of benzene rings is 1. The van der Waals surface area contributed by atoms with Crippen LogP contribution in [0.15, 0.2) is 41.8 Å². The molecule has 116 valence electrons. The van der Waals surface area contributed by atoms with E-state index in [1.54, 1.807) is 23.1 Å². The Kier molecular flexibility index (Phi) is 4.18. The van der Waals surface area contributed by atoms with E-state index >= 15 is 0 Å². The van der Waals surface area contributed by atoms with E-state index < -0.39 is 11.7 Å². The average molecular weight is 343 g/mol. The first-order chi connectivity index (χ1) is 10.5. The highest BCUT2D eigenvalue weighted by atomic mass is 32.2. The number of thiophene rings is 1. The van der Waals surface area contributed by atoms with Crippen molar-refractivity contribution in [2.75, 3.05) is 12.3 Å². The lowest BCUT2D eigenvalue weighted by Gasteiger charge is -2.24. The molecule has 7 heteroatoms.